The summed E-state index contributed by atoms with van der Waals surface area (Å²) in [5, 5.41) is 7.95. The lowest BCUT2D eigenvalue weighted by atomic mass is 10.0. The van der Waals surface area contributed by atoms with Gasteiger partial charge in [0, 0.05) is 36.8 Å². The van der Waals surface area contributed by atoms with Crippen molar-refractivity contribution in [3.8, 4) is 11.3 Å². The van der Waals surface area contributed by atoms with Gasteiger partial charge in [-0.15, -0.1) is 0 Å². The highest BCUT2D eigenvalue weighted by Crippen LogP contribution is 2.30. The molecule has 3 aromatic rings. The summed E-state index contributed by atoms with van der Waals surface area (Å²) >= 11 is 0. The van der Waals surface area contributed by atoms with Gasteiger partial charge in [-0.2, -0.15) is 9.61 Å². The van der Waals surface area contributed by atoms with E-state index < -0.39 is 0 Å². The molecular formula is C19H21FN4O. The highest BCUT2D eigenvalue weighted by Gasteiger charge is 2.28. The van der Waals surface area contributed by atoms with E-state index in [0.29, 0.717) is 28.9 Å². The third kappa shape index (κ3) is 3.09. The van der Waals surface area contributed by atoms with Crippen molar-refractivity contribution in [2.45, 2.75) is 25.3 Å². The molecule has 0 amide bonds. The molecule has 2 heterocycles. The zero-order valence-electron chi connectivity index (χ0n) is 14.2. The molecule has 25 heavy (non-hydrogen) atoms. The quantitative estimate of drug-likeness (QED) is 0.768. The van der Waals surface area contributed by atoms with Gasteiger partial charge >= 0.3 is 0 Å². The lowest BCUT2D eigenvalue weighted by Crippen LogP contribution is -2.28. The summed E-state index contributed by atoms with van der Waals surface area (Å²) in [5.74, 6) is 1.03. The van der Waals surface area contributed by atoms with Crippen molar-refractivity contribution in [2.75, 3.05) is 19.0 Å². The van der Waals surface area contributed by atoms with Crippen molar-refractivity contribution in [2.24, 2.45) is 5.92 Å². The Morgan fingerprint density at radius 2 is 2.16 bits per heavy atom. The minimum absolute atomic E-state index is 0.275. The second kappa shape index (κ2) is 6.80. The number of hydrogen-bond acceptors (Lipinski definition) is 4. The molecule has 6 heteroatoms. The van der Waals surface area contributed by atoms with Crippen molar-refractivity contribution in [1.82, 2.24) is 14.6 Å². The molecule has 0 bridgehead atoms. The smallest absolute Gasteiger partial charge is 0.157 e. The van der Waals surface area contributed by atoms with Gasteiger partial charge in [0.05, 0.1) is 18.5 Å². The molecule has 0 unspecified atom stereocenters. The second-order valence-corrected chi connectivity index (χ2v) is 6.50. The van der Waals surface area contributed by atoms with Gasteiger partial charge in [-0.3, -0.25) is 0 Å². The van der Waals surface area contributed by atoms with Gasteiger partial charge < -0.3 is 10.1 Å². The first-order chi connectivity index (χ1) is 12.3. The van der Waals surface area contributed by atoms with Crippen LogP contribution in [0.2, 0.25) is 0 Å². The first-order valence-corrected chi connectivity index (χ1v) is 8.61. The molecule has 0 radical (unpaired) electrons. The minimum atomic E-state index is -0.275. The first kappa shape index (κ1) is 16.0. The van der Waals surface area contributed by atoms with E-state index in [9.17, 15) is 4.39 Å². The SMILES string of the molecule is COC[C@@H]1CCC[C@@H]1Nc1cc(-c2ccccc2F)nc2ccnn12. The third-order valence-electron chi connectivity index (χ3n) is 4.88. The van der Waals surface area contributed by atoms with Crippen molar-refractivity contribution in [1.29, 1.82) is 0 Å². The van der Waals surface area contributed by atoms with E-state index in [2.05, 4.69) is 15.4 Å². The summed E-state index contributed by atoms with van der Waals surface area (Å²) in [5.41, 5.74) is 1.80. The van der Waals surface area contributed by atoms with E-state index in [4.69, 9.17) is 4.74 Å². The topological polar surface area (TPSA) is 51.5 Å². The number of ether oxygens (including phenoxy) is 1. The van der Waals surface area contributed by atoms with Crippen LogP contribution >= 0.6 is 0 Å². The Hall–Kier alpha value is -2.47. The molecule has 0 aliphatic heterocycles. The van der Waals surface area contributed by atoms with Crippen LogP contribution in [0.25, 0.3) is 16.9 Å². The highest BCUT2D eigenvalue weighted by atomic mass is 19.1. The first-order valence-electron chi connectivity index (χ1n) is 8.61. The standard InChI is InChI=1S/C19H21FN4O/c1-25-12-13-5-4-8-16(13)22-19-11-17(14-6-2-3-7-15(14)20)23-18-9-10-21-24(18)19/h2-3,6-7,9-11,13,16,22H,4-5,8,12H2,1H3/t13-,16-/m0/s1. The van der Waals surface area contributed by atoms with Gasteiger partial charge in [0.2, 0.25) is 0 Å². The largest absolute Gasteiger partial charge is 0.384 e. The Kier molecular flexibility index (Phi) is 4.36. The van der Waals surface area contributed by atoms with Crippen molar-refractivity contribution in [3.63, 3.8) is 0 Å². The van der Waals surface area contributed by atoms with E-state index in [0.717, 1.165) is 25.3 Å². The molecule has 130 valence electrons. The number of benzene rings is 1. The summed E-state index contributed by atoms with van der Waals surface area (Å²) in [4.78, 5) is 4.55. The average Bonchev–Trinajstić information content (AvgIpc) is 3.25. The Bertz CT molecular complexity index is 879. The zero-order chi connectivity index (χ0) is 17.2. The lowest BCUT2D eigenvalue weighted by molar-refractivity contribution is 0.150. The van der Waals surface area contributed by atoms with Crippen molar-refractivity contribution < 1.29 is 9.13 Å². The molecule has 1 aliphatic rings. The fourth-order valence-corrected chi connectivity index (χ4v) is 3.65. The van der Waals surface area contributed by atoms with Crippen LogP contribution in [0.4, 0.5) is 10.2 Å². The van der Waals surface area contributed by atoms with E-state index in [1.807, 2.05) is 18.2 Å². The van der Waals surface area contributed by atoms with Crippen LogP contribution in [0.15, 0.2) is 42.6 Å². The van der Waals surface area contributed by atoms with Gasteiger partial charge in [-0.1, -0.05) is 18.6 Å². The number of anilines is 1. The lowest BCUT2D eigenvalue weighted by Gasteiger charge is -2.22. The van der Waals surface area contributed by atoms with E-state index in [1.165, 1.54) is 12.5 Å². The summed E-state index contributed by atoms with van der Waals surface area (Å²) in [7, 11) is 1.74. The normalized spacial score (nSPS) is 20.2. The molecule has 0 saturated heterocycles. The molecule has 0 spiro atoms. The number of rotatable bonds is 5. The van der Waals surface area contributed by atoms with E-state index >= 15 is 0 Å². The van der Waals surface area contributed by atoms with Crippen molar-refractivity contribution in [3.05, 3.63) is 48.4 Å². The molecule has 1 saturated carbocycles. The predicted octanol–water partition coefficient (Wildman–Crippen LogP) is 3.76. The average molecular weight is 340 g/mol. The van der Waals surface area contributed by atoms with Gasteiger partial charge in [-0.05, 0) is 25.0 Å². The minimum Gasteiger partial charge on any atom is -0.384 e. The molecule has 2 aromatic heterocycles. The molecule has 5 nitrogen and oxygen atoms in total. The monoisotopic (exact) mass is 340 g/mol. The molecule has 2 atom stereocenters. The Morgan fingerprint density at radius 1 is 1.28 bits per heavy atom. The number of hydrogen-bond donors (Lipinski definition) is 1. The number of aromatic nitrogens is 3. The Balaban J connectivity index is 1.73. The Morgan fingerprint density at radius 3 is 3.00 bits per heavy atom. The summed E-state index contributed by atoms with van der Waals surface area (Å²) in [6.07, 6.45) is 5.13. The van der Waals surface area contributed by atoms with Gasteiger partial charge in [-0.25, -0.2) is 9.37 Å². The number of nitrogens with one attached hydrogen (secondary N) is 1. The van der Waals surface area contributed by atoms with Crippen LogP contribution in [0, 0.1) is 11.7 Å². The van der Waals surface area contributed by atoms with Crippen LogP contribution in [0.5, 0.6) is 0 Å². The van der Waals surface area contributed by atoms with Gasteiger partial charge in [0.15, 0.2) is 5.65 Å². The molecule has 1 aliphatic carbocycles. The summed E-state index contributed by atoms with van der Waals surface area (Å²) in [6.45, 7) is 0.741. The summed E-state index contributed by atoms with van der Waals surface area (Å²) < 4.78 is 21.3. The van der Waals surface area contributed by atoms with E-state index in [1.54, 1.807) is 30.0 Å². The van der Waals surface area contributed by atoms with Crippen LogP contribution < -0.4 is 5.32 Å². The fraction of sp³-hybridized carbons (Fsp3) is 0.368. The van der Waals surface area contributed by atoms with Crippen LogP contribution in [-0.4, -0.2) is 34.4 Å². The molecule has 1 aromatic carbocycles. The van der Waals surface area contributed by atoms with E-state index in [-0.39, 0.29) is 5.82 Å². The second-order valence-electron chi connectivity index (χ2n) is 6.50. The number of halogens is 1. The summed E-state index contributed by atoms with van der Waals surface area (Å²) in [6, 6.07) is 10.7. The number of fused-ring (bicyclic) bond motifs is 1. The zero-order valence-corrected chi connectivity index (χ0v) is 14.2. The Labute approximate surface area is 145 Å². The van der Waals surface area contributed by atoms with Crippen LogP contribution in [0.3, 0.4) is 0 Å². The maximum Gasteiger partial charge on any atom is 0.157 e. The highest BCUT2D eigenvalue weighted by molar-refractivity contribution is 5.67. The number of methoxy groups -OCH3 is 1. The van der Waals surface area contributed by atoms with Crippen molar-refractivity contribution >= 4 is 11.5 Å². The van der Waals surface area contributed by atoms with Crippen LogP contribution in [-0.2, 0) is 4.74 Å². The van der Waals surface area contributed by atoms with Gasteiger partial charge in [0.25, 0.3) is 0 Å². The predicted molar refractivity (Wildman–Crippen MR) is 95.0 cm³/mol. The van der Waals surface area contributed by atoms with Crippen LogP contribution in [0.1, 0.15) is 19.3 Å². The van der Waals surface area contributed by atoms with Gasteiger partial charge in [0.1, 0.15) is 11.6 Å². The maximum absolute atomic E-state index is 14.2. The molecule has 1 fully saturated rings. The molecular weight excluding hydrogens is 319 g/mol. The maximum atomic E-state index is 14.2. The number of nitrogens with zero attached hydrogens (tertiary/aromatic N) is 3. The molecule has 4 rings (SSSR count). The fourth-order valence-electron chi connectivity index (χ4n) is 3.65. The molecule has 1 N–H and O–H groups in total. The third-order valence-corrected chi connectivity index (χ3v) is 4.88.